The highest BCUT2D eigenvalue weighted by Crippen LogP contribution is 2.29. The topological polar surface area (TPSA) is 106 Å². The van der Waals surface area contributed by atoms with E-state index in [1.54, 1.807) is 25.1 Å². The summed E-state index contributed by atoms with van der Waals surface area (Å²) in [4.78, 5) is 25.8. The Balaban J connectivity index is 1.57. The maximum absolute atomic E-state index is 14.3. The van der Waals surface area contributed by atoms with E-state index in [0.29, 0.717) is 49.1 Å². The number of methoxy groups -OCH3 is 1. The van der Waals surface area contributed by atoms with Gasteiger partial charge in [-0.3, -0.25) is 14.9 Å². The maximum atomic E-state index is 14.3. The molecule has 0 unspecified atom stereocenters. The van der Waals surface area contributed by atoms with Crippen LogP contribution in [0.5, 0.6) is 5.75 Å². The summed E-state index contributed by atoms with van der Waals surface area (Å²) in [5.74, 6) is -0.686. The van der Waals surface area contributed by atoms with Crippen molar-refractivity contribution in [3.8, 4) is 5.75 Å². The molecule has 35 heavy (non-hydrogen) atoms. The molecular formula is C25H25FN4O5. The molecule has 3 aromatic rings. The summed E-state index contributed by atoms with van der Waals surface area (Å²) >= 11 is 0. The summed E-state index contributed by atoms with van der Waals surface area (Å²) in [6, 6.07) is 14.0. The quantitative estimate of drug-likeness (QED) is 0.367. The average Bonchev–Trinajstić information content (AvgIpc) is 2.85. The number of nitro groups is 1. The minimum Gasteiger partial charge on any atom is -0.497 e. The Morgan fingerprint density at radius 3 is 2.57 bits per heavy atom. The number of hydrogen-bond acceptors (Lipinski definition) is 7. The van der Waals surface area contributed by atoms with Crippen molar-refractivity contribution in [2.24, 2.45) is 0 Å². The summed E-state index contributed by atoms with van der Waals surface area (Å²) < 4.78 is 24.8. The molecule has 0 aliphatic carbocycles. The van der Waals surface area contributed by atoms with Crippen molar-refractivity contribution in [2.45, 2.75) is 6.92 Å². The molecule has 0 radical (unpaired) electrons. The zero-order chi connectivity index (χ0) is 24.9. The van der Waals surface area contributed by atoms with E-state index in [2.05, 4.69) is 15.5 Å². The molecule has 0 atom stereocenters. The molecule has 182 valence electrons. The van der Waals surface area contributed by atoms with Crippen LogP contribution in [0, 0.1) is 22.9 Å². The van der Waals surface area contributed by atoms with Crippen molar-refractivity contribution in [1.82, 2.24) is 0 Å². The van der Waals surface area contributed by atoms with Gasteiger partial charge in [-0.2, -0.15) is 0 Å². The first kappa shape index (κ1) is 24.0. The number of carbonyl (C=O) groups is 1. The van der Waals surface area contributed by atoms with Crippen LogP contribution in [-0.2, 0) is 4.74 Å². The van der Waals surface area contributed by atoms with Crippen molar-refractivity contribution in [2.75, 3.05) is 48.9 Å². The predicted octanol–water partition coefficient (Wildman–Crippen LogP) is 4.88. The van der Waals surface area contributed by atoms with Crippen LogP contribution in [0.3, 0.4) is 0 Å². The summed E-state index contributed by atoms with van der Waals surface area (Å²) in [5, 5.41) is 17.3. The van der Waals surface area contributed by atoms with Gasteiger partial charge < -0.3 is 25.0 Å². The lowest BCUT2D eigenvalue weighted by Crippen LogP contribution is -2.36. The molecular weight excluding hydrogens is 455 g/mol. The van der Waals surface area contributed by atoms with Crippen LogP contribution in [0.4, 0.5) is 32.8 Å². The van der Waals surface area contributed by atoms with Crippen molar-refractivity contribution in [3.63, 3.8) is 0 Å². The predicted molar refractivity (Wildman–Crippen MR) is 131 cm³/mol. The second-order valence-corrected chi connectivity index (χ2v) is 8.05. The molecule has 1 fully saturated rings. The Kier molecular flexibility index (Phi) is 7.11. The van der Waals surface area contributed by atoms with E-state index in [-0.39, 0.29) is 17.1 Å². The van der Waals surface area contributed by atoms with Gasteiger partial charge in [0.05, 0.1) is 25.2 Å². The fourth-order valence-electron chi connectivity index (χ4n) is 3.82. The van der Waals surface area contributed by atoms with Crippen LogP contribution in [0.1, 0.15) is 15.9 Å². The average molecular weight is 480 g/mol. The highest BCUT2D eigenvalue weighted by molar-refractivity contribution is 6.07. The smallest absolute Gasteiger partial charge is 0.282 e. The van der Waals surface area contributed by atoms with E-state index in [4.69, 9.17) is 9.47 Å². The number of aryl methyl sites for hydroxylation is 1. The first-order chi connectivity index (χ1) is 16.8. The molecule has 4 rings (SSSR count). The molecule has 0 saturated carbocycles. The van der Waals surface area contributed by atoms with Crippen LogP contribution >= 0.6 is 0 Å². The SMILES string of the molecule is COc1ccc([N+](=O)[O-])c(C(=O)Nc2cc(Nc3cc(F)cc(N4CCOCC4)c3)ccc2C)c1. The number of morpholine rings is 1. The Hall–Kier alpha value is -4.18. The Labute approximate surface area is 201 Å². The fourth-order valence-corrected chi connectivity index (χ4v) is 3.82. The molecule has 2 N–H and O–H groups in total. The molecule has 10 heteroatoms. The largest absolute Gasteiger partial charge is 0.497 e. The first-order valence-electron chi connectivity index (χ1n) is 11.0. The Bertz CT molecular complexity index is 1260. The summed E-state index contributed by atoms with van der Waals surface area (Å²) in [6.45, 7) is 4.34. The Morgan fingerprint density at radius 1 is 1.09 bits per heavy atom. The highest BCUT2D eigenvalue weighted by Gasteiger charge is 2.22. The molecule has 9 nitrogen and oxygen atoms in total. The molecule has 0 spiro atoms. The van der Waals surface area contributed by atoms with Crippen LogP contribution in [0.2, 0.25) is 0 Å². The van der Waals surface area contributed by atoms with Crippen LogP contribution < -0.4 is 20.3 Å². The van der Waals surface area contributed by atoms with E-state index in [1.807, 2.05) is 6.07 Å². The van der Waals surface area contributed by atoms with Gasteiger partial charge in [-0.05, 0) is 55.0 Å². The van der Waals surface area contributed by atoms with E-state index < -0.39 is 10.8 Å². The third-order valence-electron chi connectivity index (χ3n) is 5.68. The molecule has 1 aliphatic rings. The summed E-state index contributed by atoms with van der Waals surface area (Å²) in [5.41, 5.74) is 2.69. The van der Waals surface area contributed by atoms with E-state index in [1.165, 1.54) is 37.4 Å². The van der Waals surface area contributed by atoms with Crippen LogP contribution in [-0.4, -0.2) is 44.2 Å². The molecule has 1 heterocycles. The molecule has 0 aromatic heterocycles. The number of amides is 1. The second kappa shape index (κ2) is 10.4. The number of ether oxygens (including phenoxy) is 2. The monoisotopic (exact) mass is 480 g/mol. The lowest BCUT2D eigenvalue weighted by Gasteiger charge is -2.29. The molecule has 1 amide bonds. The number of benzene rings is 3. The number of nitrogens with zero attached hydrogens (tertiary/aromatic N) is 2. The second-order valence-electron chi connectivity index (χ2n) is 8.05. The number of halogens is 1. The fraction of sp³-hybridized carbons (Fsp3) is 0.240. The van der Waals surface area contributed by atoms with Gasteiger partial charge in [0, 0.05) is 41.9 Å². The lowest BCUT2D eigenvalue weighted by molar-refractivity contribution is -0.385. The standard InChI is InChI=1S/C25H25FN4O5/c1-16-3-4-18(27-19-11-17(26)12-20(13-19)29-7-9-35-10-8-29)14-23(16)28-25(31)22-15-21(34-2)5-6-24(22)30(32)33/h3-6,11-15,27H,7-10H2,1-2H3,(H,28,31). The molecule has 3 aromatic carbocycles. The van der Waals surface area contributed by atoms with Gasteiger partial charge in [-0.1, -0.05) is 6.07 Å². The van der Waals surface area contributed by atoms with Gasteiger partial charge in [-0.25, -0.2) is 4.39 Å². The summed E-state index contributed by atoms with van der Waals surface area (Å²) in [7, 11) is 1.42. The number of nitro benzene ring substituents is 1. The number of nitrogens with one attached hydrogen (secondary N) is 2. The zero-order valence-corrected chi connectivity index (χ0v) is 19.3. The van der Waals surface area contributed by atoms with Gasteiger partial charge in [0.25, 0.3) is 11.6 Å². The van der Waals surface area contributed by atoms with E-state index in [9.17, 15) is 19.3 Å². The summed E-state index contributed by atoms with van der Waals surface area (Å²) in [6.07, 6.45) is 0. The molecule has 1 aliphatic heterocycles. The van der Waals surface area contributed by atoms with Gasteiger partial charge in [0.2, 0.25) is 0 Å². The van der Waals surface area contributed by atoms with E-state index >= 15 is 0 Å². The number of hydrogen-bond donors (Lipinski definition) is 2. The number of anilines is 4. The minimum atomic E-state index is -0.642. The Morgan fingerprint density at radius 2 is 1.86 bits per heavy atom. The minimum absolute atomic E-state index is 0.118. The van der Waals surface area contributed by atoms with Crippen LogP contribution in [0.15, 0.2) is 54.6 Å². The highest BCUT2D eigenvalue weighted by atomic mass is 19.1. The van der Waals surface area contributed by atoms with Gasteiger partial charge in [0.1, 0.15) is 17.1 Å². The number of rotatable bonds is 7. The van der Waals surface area contributed by atoms with Crippen molar-refractivity contribution < 1.29 is 23.6 Å². The van der Waals surface area contributed by atoms with Gasteiger partial charge in [0.15, 0.2) is 0 Å². The molecule has 1 saturated heterocycles. The van der Waals surface area contributed by atoms with Gasteiger partial charge >= 0.3 is 0 Å². The van der Waals surface area contributed by atoms with Gasteiger partial charge in [-0.15, -0.1) is 0 Å². The number of carbonyl (C=O) groups excluding carboxylic acids is 1. The third kappa shape index (κ3) is 5.67. The van der Waals surface area contributed by atoms with Crippen molar-refractivity contribution in [1.29, 1.82) is 0 Å². The first-order valence-corrected chi connectivity index (χ1v) is 11.0. The molecule has 0 bridgehead atoms. The van der Waals surface area contributed by atoms with Crippen molar-refractivity contribution >= 4 is 34.3 Å². The van der Waals surface area contributed by atoms with Crippen molar-refractivity contribution in [3.05, 3.63) is 81.7 Å². The van der Waals surface area contributed by atoms with Crippen LogP contribution in [0.25, 0.3) is 0 Å². The third-order valence-corrected chi connectivity index (χ3v) is 5.68. The lowest BCUT2D eigenvalue weighted by atomic mass is 10.1. The normalized spacial score (nSPS) is 13.3. The maximum Gasteiger partial charge on any atom is 0.282 e. The zero-order valence-electron chi connectivity index (χ0n) is 19.3. The van der Waals surface area contributed by atoms with E-state index in [0.717, 1.165) is 11.3 Å².